The molecule has 7 nitrogen and oxygen atoms in total. The van der Waals surface area contributed by atoms with Gasteiger partial charge >= 0.3 is 0 Å². The van der Waals surface area contributed by atoms with Gasteiger partial charge < -0.3 is 9.42 Å². The zero-order valence-corrected chi connectivity index (χ0v) is 12.5. The molecule has 1 aromatic rings. The Hall–Kier alpha value is -1.41. The number of aromatic nitrogens is 1. The highest BCUT2D eigenvalue weighted by Crippen LogP contribution is 2.18. The number of carbonyl (C=O) groups excluding carboxylic acids is 1. The largest absolute Gasteiger partial charge is 0.360 e. The van der Waals surface area contributed by atoms with E-state index in [1.807, 2.05) is 0 Å². The Balaban J connectivity index is 1.95. The number of hydrogen-bond acceptors (Lipinski definition) is 5. The molecule has 20 heavy (non-hydrogen) atoms. The predicted molar refractivity (Wildman–Crippen MR) is 71.6 cm³/mol. The van der Waals surface area contributed by atoms with Crippen molar-refractivity contribution in [2.75, 3.05) is 19.6 Å². The second kappa shape index (κ2) is 5.92. The second-order valence-corrected chi connectivity index (χ2v) is 6.59. The first-order valence-corrected chi connectivity index (χ1v) is 8.10. The van der Waals surface area contributed by atoms with E-state index in [0.717, 1.165) is 12.8 Å². The van der Waals surface area contributed by atoms with Gasteiger partial charge in [-0.2, -0.15) is 0 Å². The fourth-order valence-electron chi connectivity index (χ4n) is 2.34. The van der Waals surface area contributed by atoms with Crippen LogP contribution < -0.4 is 4.72 Å². The fraction of sp³-hybridized carbons (Fsp3) is 0.667. The fourth-order valence-corrected chi connectivity index (χ4v) is 3.69. The van der Waals surface area contributed by atoms with Crippen LogP contribution in [0.1, 0.15) is 30.7 Å². The van der Waals surface area contributed by atoms with Gasteiger partial charge in [0.25, 0.3) is 0 Å². The summed E-state index contributed by atoms with van der Waals surface area (Å²) in [5.74, 6) is 0.358. The van der Waals surface area contributed by atoms with Crippen molar-refractivity contribution in [3.8, 4) is 0 Å². The molecule has 1 aliphatic rings. The van der Waals surface area contributed by atoms with Crippen molar-refractivity contribution >= 4 is 15.9 Å². The highest BCUT2D eigenvalue weighted by molar-refractivity contribution is 7.89. The Kier molecular flexibility index (Phi) is 4.44. The van der Waals surface area contributed by atoms with E-state index in [2.05, 4.69) is 9.88 Å². The molecular weight excluding hydrogens is 282 g/mol. The van der Waals surface area contributed by atoms with E-state index in [-0.39, 0.29) is 23.1 Å². The number of aryl methyl sites for hydroxylation is 2. The molecule has 1 N–H and O–H groups in total. The first-order valence-electron chi connectivity index (χ1n) is 6.62. The summed E-state index contributed by atoms with van der Waals surface area (Å²) in [6.07, 6.45) is 2.44. The molecule has 0 aliphatic carbocycles. The molecule has 0 unspecified atom stereocenters. The summed E-state index contributed by atoms with van der Waals surface area (Å²) in [7, 11) is -3.64. The molecule has 0 atom stereocenters. The van der Waals surface area contributed by atoms with Crippen LogP contribution in [0.3, 0.4) is 0 Å². The average Bonchev–Trinajstić information content (AvgIpc) is 2.72. The van der Waals surface area contributed by atoms with Crippen molar-refractivity contribution in [3.05, 3.63) is 11.5 Å². The maximum atomic E-state index is 12.1. The molecule has 1 aromatic heterocycles. The molecular formula is C12H19N3O4S. The van der Waals surface area contributed by atoms with Crippen LogP contribution in [0.4, 0.5) is 0 Å². The van der Waals surface area contributed by atoms with Gasteiger partial charge in [0.15, 0.2) is 5.76 Å². The van der Waals surface area contributed by atoms with Crippen LogP contribution in [0.5, 0.6) is 0 Å². The lowest BCUT2D eigenvalue weighted by Crippen LogP contribution is -2.41. The number of rotatable bonds is 5. The van der Waals surface area contributed by atoms with Gasteiger partial charge in [0, 0.05) is 26.1 Å². The summed E-state index contributed by atoms with van der Waals surface area (Å²) in [5, 5.41) is 3.63. The summed E-state index contributed by atoms with van der Waals surface area (Å²) < 4.78 is 31.6. The Bertz CT molecular complexity index is 574. The topological polar surface area (TPSA) is 92.5 Å². The molecule has 1 amide bonds. The van der Waals surface area contributed by atoms with Crippen LogP contribution in [0.25, 0.3) is 0 Å². The molecule has 1 aliphatic heterocycles. The minimum Gasteiger partial charge on any atom is -0.360 e. The number of carbonyl (C=O) groups is 1. The van der Waals surface area contributed by atoms with Gasteiger partial charge in [0.1, 0.15) is 10.6 Å². The average molecular weight is 301 g/mol. The van der Waals surface area contributed by atoms with E-state index in [9.17, 15) is 13.2 Å². The lowest BCUT2D eigenvalue weighted by Gasteiger charge is -2.26. The zero-order valence-electron chi connectivity index (χ0n) is 11.7. The van der Waals surface area contributed by atoms with Crippen LogP contribution >= 0.6 is 0 Å². The van der Waals surface area contributed by atoms with Crippen molar-refractivity contribution < 1.29 is 17.7 Å². The van der Waals surface area contributed by atoms with Crippen molar-refractivity contribution in [1.82, 2.24) is 14.8 Å². The van der Waals surface area contributed by atoms with E-state index in [0.29, 0.717) is 25.2 Å². The Morgan fingerprint density at radius 3 is 2.70 bits per heavy atom. The van der Waals surface area contributed by atoms with E-state index >= 15 is 0 Å². The van der Waals surface area contributed by atoms with Crippen LogP contribution in [0.15, 0.2) is 9.42 Å². The lowest BCUT2D eigenvalue weighted by molar-refractivity contribution is -0.133. The van der Waals surface area contributed by atoms with Crippen molar-refractivity contribution in [1.29, 1.82) is 0 Å². The number of nitrogens with zero attached hydrogens (tertiary/aromatic N) is 2. The maximum Gasteiger partial charge on any atom is 0.246 e. The second-order valence-electron chi connectivity index (χ2n) is 4.89. The molecule has 0 saturated carbocycles. The number of hydrogen-bond donors (Lipinski definition) is 1. The first-order chi connectivity index (χ1) is 9.42. The summed E-state index contributed by atoms with van der Waals surface area (Å²) in [4.78, 5) is 13.4. The minimum atomic E-state index is -3.64. The standard InChI is InChI=1S/C12H19N3O4S/c1-9-12(10(2)19-14-9)20(17,18)13-6-8-15-7-4-3-5-11(15)16/h13H,3-8H2,1-2H3. The Morgan fingerprint density at radius 2 is 2.10 bits per heavy atom. The zero-order chi connectivity index (χ0) is 14.8. The van der Waals surface area contributed by atoms with E-state index < -0.39 is 10.0 Å². The van der Waals surface area contributed by atoms with E-state index in [1.54, 1.807) is 18.7 Å². The quantitative estimate of drug-likeness (QED) is 0.859. The third-order valence-corrected chi connectivity index (χ3v) is 5.04. The molecule has 0 spiro atoms. The number of likely N-dealkylation sites (tertiary alicyclic amines) is 1. The van der Waals surface area contributed by atoms with E-state index in [1.165, 1.54) is 0 Å². The smallest absolute Gasteiger partial charge is 0.246 e. The van der Waals surface area contributed by atoms with Crippen LogP contribution in [-0.4, -0.2) is 44.0 Å². The normalized spacial score (nSPS) is 16.7. The summed E-state index contributed by atoms with van der Waals surface area (Å²) in [6, 6.07) is 0. The van der Waals surface area contributed by atoms with Gasteiger partial charge in [0.05, 0.1) is 0 Å². The SMILES string of the molecule is Cc1noc(C)c1S(=O)(=O)NCCN1CCCCC1=O. The third-order valence-electron chi connectivity index (χ3n) is 3.33. The monoisotopic (exact) mass is 301 g/mol. The molecule has 0 aromatic carbocycles. The third kappa shape index (κ3) is 3.18. The van der Waals surface area contributed by atoms with E-state index in [4.69, 9.17) is 4.52 Å². The molecule has 112 valence electrons. The van der Waals surface area contributed by atoms with Crippen LogP contribution in [0.2, 0.25) is 0 Å². The number of nitrogens with one attached hydrogen (secondary N) is 1. The van der Waals surface area contributed by atoms with Gasteiger partial charge in [-0.05, 0) is 26.7 Å². The first kappa shape index (κ1) is 15.0. The highest BCUT2D eigenvalue weighted by Gasteiger charge is 2.24. The number of piperidine rings is 1. The molecule has 1 saturated heterocycles. The molecule has 1 fully saturated rings. The molecule has 0 radical (unpaired) electrons. The van der Waals surface area contributed by atoms with Gasteiger partial charge in [0.2, 0.25) is 15.9 Å². The summed E-state index contributed by atoms with van der Waals surface area (Å²) in [5.41, 5.74) is 0.337. The van der Waals surface area contributed by atoms with Gasteiger partial charge in [-0.15, -0.1) is 0 Å². The van der Waals surface area contributed by atoms with Crippen molar-refractivity contribution in [2.45, 2.75) is 38.0 Å². The van der Waals surface area contributed by atoms with Gasteiger partial charge in [-0.3, -0.25) is 4.79 Å². The molecule has 8 heteroatoms. The van der Waals surface area contributed by atoms with Gasteiger partial charge in [-0.1, -0.05) is 5.16 Å². The molecule has 2 heterocycles. The van der Waals surface area contributed by atoms with Crippen molar-refractivity contribution in [3.63, 3.8) is 0 Å². The maximum absolute atomic E-state index is 12.1. The highest BCUT2D eigenvalue weighted by atomic mass is 32.2. The van der Waals surface area contributed by atoms with Crippen molar-refractivity contribution in [2.24, 2.45) is 0 Å². The Morgan fingerprint density at radius 1 is 1.35 bits per heavy atom. The summed E-state index contributed by atoms with van der Waals surface area (Å²) in [6.45, 7) is 4.42. The summed E-state index contributed by atoms with van der Waals surface area (Å²) >= 11 is 0. The minimum absolute atomic E-state index is 0.0856. The van der Waals surface area contributed by atoms with Crippen LogP contribution in [0, 0.1) is 13.8 Å². The number of amides is 1. The predicted octanol–water partition coefficient (Wildman–Crippen LogP) is 0.582. The molecule has 0 bridgehead atoms. The van der Waals surface area contributed by atoms with Crippen LogP contribution in [-0.2, 0) is 14.8 Å². The van der Waals surface area contributed by atoms with Gasteiger partial charge in [-0.25, -0.2) is 13.1 Å². The molecule has 2 rings (SSSR count). The Labute approximate surface area is 118 Å². The number of sulfonamides is 1. The lowest BCUT2D eigenvalue weighted by atomic mass is 10.1.